The molecule has 1 atom stereocenters. The Kier molecular flexibility index (Phi) is 6.93. The molecule has 1 aliphatic rings. The van der Waals surface area contributed by atoms with Gasteiger partial charge in [-0.2, -0.15) is 0 Å². The normalized spacial score (nSPS) is 14.6. The molecular weight excluding hydrogens is 484 g/mol. The van der Waals surface area contributed by atoms with Gasteiger partial charge in [0.15, 0.2) is 0 Å². The maximum Gasteiger partial charge on any atom is 0.292 e. The van der Waals surface area contributed by atoms with E-state index in [0.29, 0.717) is 37.4 Å². The van der Waals surface area contributed by atoms with Crippen molar-refractivity contribution >= 4 is 38.9 Å². The van der Waals surface area contributed by atoms with Gasteiger partial charge in [0.1, 0.15) is 5.69 Å². The van der Waals surface area contributed by atoms with Gasteiger partial charge in [0, 0.05) is 54.0 Å². The Hall–Kier alpha value is -3.39. The average molecular weight is 509 g/mol. The lowest BCUT2D eigenvalue weighted by atomic mass is 10.1. The van der Waals surface area contributed by atoms with Crippen molar-refractivity contribution in [1.29, 1.82) is 0 Å². The third-order valence-electron chi connectivity index (χ3n) is 5.85. The number of piperazine rings is 1. The quantitative estimate of drug-likeness (QED) is 0.351. The molecule has 1 aliphatic heterocycles. The molecule has 3 aromatic rings. The molecule has 1 heterocycles. The summed E-state index contributed by atoms with van der Waals surface area (Å²) in [6.45, 7) is 4.48. The van der Waals surface area contributed by atoms with Crippen molar-refractivity contribution in [2.45, 2.75) is 13.0 Å². The van der Waals surface area contributed by atoms with Crippen LogP contribution in [0.2, 0.25) is 0 Å². The number of hydrogen-bond acceptors (Lipinski definition) is 5. The number of rotatable bonds is 6. The molecule has 1 saturated heterocycles. The lowest BCUT2D eigenvalue weighted by Gasteiger charge is -2.36. The van der Waals surface area contributed by atoms with Crippen LogP contribution in [-0.4, -0.2) is 41.9 Å². The van der Waals surface area contributed by atoms with Crippen LogP contribution in [0.1, 0.15) is 28.9 Å². The highest BCUT2D eigenvalue weighted by atomic mass is 79.9. The Morgan fingerprint density at radius 3 is 2.39 bits per heavy atom. The number of nitro benzene ring substituents is 1. The summed E-state index contributed by atoms with van der Waals surface area (Å²) in [6, 6.07) is 22.3. The smallest absolute Gasteiger partial charge is 0.292 e. The van der Waals surface area contributed by atoms with Crippen LogP contribution in [0.3, 0.4) is 0 Å². The highest BCUT2D eigenvalue weighted by Gasteiger charge is 2.24. The van der Waals surface area contributed by atoms with Gasteiger partial charge in [-0.3, -0.25) is 14.9 Å². The van der Waals surface area contributed by atoms with E-state index in [9.17, 15) is 14.9 Å². The zero-order chi connectivity index (χ0) is 23.4. The fourth-order valence-electron chi connectivity index (χ4n) is 4.03. The zero-order valence-corrected chi connectivity index (χ0v) is 19.9. The molecule has 0 bridgehead atoms. The van der Waals surface area contributed by atoms with Crippen molar-refractivity contribution in [3.63, 3.8) is 0 Å². The minimum Gasteiger partial charge on any atom is -0.373 e. The summed E-state index contributed by atoms with van der Waals surface area (Å²) in [5, 5.41) is 14.9. The van der Waals surface area contributed by atoms with Gasteiger partial charge >= 0.3 is 0 Å². The number of carbonyl (C=O) groups excluding carboxylic acids is 1. The van der Waals surface area contributed by atoms with Crippen LogP contribution >= 0.6 is 15.9 Å². The molecule has 1 amide bonds. The van der Waals surface area contributed by atoms with Crippen LogP contribution in [0.5, 0.6) is 0 Å². The summed E-state index contributed by atoms with van der Waals surface area (Å²) < 4.78 is 0.877. The number of carbonyl (C=O) groups is 1. The number of nitrogens with one attached hydrogen (secondary N) is 1. The third-order valence-corrected chi connectivity index (χ3v) is 6.35. The van der Waals surface area contributed by atoms with Crippen molar-refractivity contribution in [3.8, 4) is 0 Å². The number of halogens is 1. The topological polar surface area (TPSA) is 78.7 Å². The molecule has 4 rings (SSSR count). The Morgan fingerprint density at radius 1 is 1.00 bits per heavy atom. The van der Waals surface area contributed by atoms with Gasteiger partial charge in [-0.05, 0) is 42.8 Å². The van der Waals surface area contributed by atoms with Crippen LogP contribution in [0.15, 0.2) is 77.3 Å². The molecule has 3 aromatic carbocycles. The van der Waals surface area contributed by atoms with E-state index in [4.69, 9.17) is 0 Å². The third kappa shape index (κ3) is 5.34. The van der Waals surface area contributed by atoms with Crippen molar-refractivity contribution in [2.75, 3.05) is 36.4 Å². The molecule has 1 N–H and O–H groups in total. The summed E-state index contributed by atoms with van der Waals surface area (Å²) in [5.74, 6) is 0.0127. The van der Waals surface area contributed by atoms with Gasteiger partial charge in [-0.15, -0.1) is 0 Å². The van der Waals surface area contributed by atoms with Crippen molar-refractivity contribution in [1.82, 2.24) is 4.90 Å². The van der Waals surface area contributed by atoms with Crippen LogP contribution in [0, 0.1) is 10.1 Å². The van der Waals surface area contributed by atoms with Gasteiger partial charge < -0.3 is 15.1 Å². The SMILES string of the molecule is CC(Nc1cc(N2CCN(C(=O)c3cccc(Br)c3)CC2)ccc1[N+](=O)[O-])c1ccccc1. The Morgan fingerprint density at radius 2 is 1.73 bits per heavy atom. The van der Waals surface area contributed by atoms with E-state index in [2.05, 4.69) is 26.1 Å². The van der Waals surface area contributed by atoms with E-state index >= 15 is 0 Å². The molecule has 33 heavy (non-hydrogen) atoms. The van der Waals surface area contributed by atoms with Crippen molar-refractivity contribution in [3.05, 3.63) is 98.5 Å². The summed E-state index contributed by atoms with van der Waals surface area (Å²) in [5.41, 5.74) is 3.15. The molecule has 0 aliphatic carbocycles. The molecule has 170 valence electrons. The maximum absolute atomic E-state index is 12.8. The average Bonchev–Trinajstić information content (AvgIpc) is 2.84. The second-order valence-electron chi connectivity index (χ2n) is 8.02. The molecular formula is C25H25BrN4O3. The fraction of sp³-hybridized carbons (Fsp3) is 0.240. The highest BCUT2D eigenvalue weighted by Crippen LogP contribution is 2.33. The molecule has 0 spiro atoms. The molecule has 8 heteroatoms. The van der Waals surface area contributed by atoms with Crippen LogP contribution in [0.25, 0.3) is 0 Å². The molecule has 1 fully saturated rings. The zero-order valence-electron chi connectivity index (χ0n) is 18.3. The highest BCUT2D eigenvalue weighted by molar-refractivity contribution is 9.10. The van der Waals surface area contributed by atoms with Gasteiger partial charge in [0.05, 0.1) is 4.92 Å². The monoisotopic (exact) mass is 508 g/mol. The first kappa shape index (κ1) is 22.8. The number of nitrogens with zero attached hydrogens (tertiary/aromatic N) is 3. The number of nitro groups is 1. The maximum atomic E-state index is 12.8. The minimum absolute atomic E-state index is 0.0127. The summed E-state index contributed by atoms with van der Waals surface area (Å²) in [4.78, 5) is 28.1. The molecule has 1 unspecified atom stereocenters. The summed E-state index contributed by atoms with van der Waals surface area (Å²) in [7, 11) is 0. The van der Waals surface area contributed by atoms with Crippen LogP contribution in [0.4, 0.5) is 17.1 Å². The minimum atomic E-state index is -0.363. The molecule has 7 nitrogen and oxygen atoms in total. The second-order valence-corrected chi connectivity index (χ2v) is 8.94. The summed E-state index contributed by atoms with van der Waals surface area (Å²) >= 11 is 3.42. The van der Waals surface area contributed by atoms with E-state index in [1.807, 2.05) is 72.5 Å². The first-order chi connectivity index (χ1) is 15.9. The van der Waals surface area contributed by atoms with E-state index in [1.165, 1.54) is 0 Å². The van der Waals surface area contributed by atoms with Gasteiger partial charge in [-0.25, -0.2) is 0 Å². The molecule has 0 radical (unpaired) electrons. The Bertz CT molecular complexity index is 1150. The number of anilines is 2. The lowest BCUT2D eigenvalue weighted by molar-refractivity contribution is -0.384. The lowest BCUT2D eigenvalue weighted by Crippen LogP contribution is -2.48. The van der Waals surface area contributed by atoms with Gasteiger partial charge in [0.25, 0.3) is 11.6 Å². The predicted octanol–water partition coefficient (Wildman–Crippen LogP) is 5.49. The summed E-state index contributed by atoms with van der Waals surface area (Å²) in [6.07, 6.45) is 0. The van der Waals surface area contributed by atoms with Crippen molar-refractivity contribution < 1.29 is 9.72 Å². The Labute approximate surface area is 201 Å². The standard InChI is InChI=1S/C25H25BrN4O3/c1-18(19-6-3-2-4-7-19)27-23-17-22(10-11-24(23)30(32)33)28-12-14-29(15-13-28)25(31)20-8-5-9-21(26)16-20/h2-11,16-18,27H,12-15H2,1H3. The Balaban J connectivity index is 1.47. The van der Waals surface area contributed by atoms with E-state index in [0.717, 1.165) is 15.7 Å². The van der Waals surface area contributed by atoms with E-state index in [1.54, 1.807) is 12.1 Å². The number of hydrogen-bond donors (Lipinski definition) is 1. The molecule has 0 aromatic heterocycles. The first-order valence-electron chi connectivity index (χ1n) is 10.8. The van der Waals surface area contributed by atoms with Crippen molar-refractivity contribution in [2.24, 2.45) is 0 Å². The second kappa shape index (κ2) is 10.0. The van der Waals surface area contributed by atoms with Crippen LogP contribution < -0.4 is 10.2 Å². The van der Waals surface area contributed by atoms with E-state index in [-0.39, 0.29) is 22.6 Å². The largest absolute Gasteiger partial charge is 0.373 e. The van der Waals surface area contributed by atoms with Gasteiger partial charge in [0.2, 0.25) is 0 Å². The number of benzene rings is 3. The first-order valence-corrected chi connectivity index (χ1v) is 11.6. The molecule has 0 saturated carbocycles. The fourth-order valence-corrected chi connectivity index (χ4v) is 4.42. The van der Waals surface area contributed by atoms with Gasteiger partial charge in [-0.1, -0.05) is 52.3 Å². The van der Waals surface area contributed by atoms with Crippen LogP contribution in [-0.2, 0) is 0 Å². The van der Waals surface area contributed by atoms with E-state index < -0.39 is 0 Å². The number of amides is 1. The predicted molar refractivity (Wildman–Crippen MR) is 134 cm³/mol.